The summed E-state index contributed by atoms with van der Waals surface area (Å²) in [5.74, 6) is 2.73. The van der Waals surface area contributed by atoms with Crippen LogP contribution in [0.1, 0.15) is 41.3 Å². The molecule has 5 aromatic rings. The van der Waals surface area contributed by atoms with Gasteiger partial charge in [-0.2, -0.15) is 13.2 Å². The Morgan fingerprint density at radius 2 is 1.79 bits per heavy atom. The zero-order chi connectivity index (χ0) is 31.3. The number of nitrogens with two attached hydrogens (primary N) is 1. The second kappa shape index (κ2) is 12.8. The highest BCUT2D eigenvalue weighted by Crippen LogP contribution is 2.35. The molecule has 1 unspecified atom stereocenters. The molecule has 0 aliphatic carbocycles. The highest BCUT2D eigenvalue weighted by Gasteiger charge is 2.31. The van der Waals surface area contributed by atoms with Crippen molar-refractivity contribution in [1.29, 1.82) is 0 Å². The van der Waals surface area contributed by atoms with Crippen molar-refractivity contribution in [3.63, 3.8) is 0 Å². The van der Waals surface area contributed by atoms with E-state index in [-0.39, 0.29) is 12.2 Å². The second-order valence-corrected chi connectivity index (χ2v) is 9.87. The molecule has 0 fully saturated rings. The van der Waals surface area contributed by atoms with Gasteiger partial charge in [-0.25, -0.2) is 15.0 Å². The number of halogens is 3. The number of nitrogens with zero attached hydrogens (tertiary/aromatic N) is 4. The van der Waals surface area contributed by atoms with Crippen molar-refractivity contribution in [2.24, 2.45) is 7.05 Å². The van der Waals surface area contributed by atoms with Gasteiger partial charge in [0.2, 0.25) is 0 Å². The fourth-order valence-corrected chi connectivity index (χ4v) is 4.72. The van der Waals surface area contributed by atoms with E-state index in [9.17, 15) is 13.2 Å². The summed E-state index contributed by atoms with van der Waals surface area (Å²) in [6.45, 7) is 3.30. The van der Waals surface area contributed by atoms with E-state index in [0.29, 0.717) is 29.1 Å². The molecule has 5 rings (SSSR count). The quantitative estimate of drug-likeness (QED) is 0.146. The van der Waals surface area contributed by atoms with E-state index < -0.39 is 17.8 Å². The Kier molecular flexibility index (Phi) is 9.18. The lowest BCUT2D eigenvalue weighted by Gasteiger charge is -2.19. The van der Waals surface area contributed by atoms with Crippen molar-refractivity contribution in [3.8, 4) is 16.9 Å². The van der Waals surface area contributed by atoms with E-state index in [1.807, 2.05) is 54.2 Å². The zero-order valence-electron chi connectivity index (χ0n) is 24.0. The van der Waals surface area contributed by atoms with Crippen molar-refractivity contribution < 1.29 is 27.8 Å². The first-order valence-corrected chi connectivity index (χ1v) is 13.2. The van der Waals surface area contributed by atoms with Crippen molar-refractivity contribution in [3.05, 3.63) is 95.3 Å². The number of alkyl halides is 3. The third-order valence-corrected chi connectivity index (χ3v) is 6.86. The molecule has 2 aromatic heterocycles. The van der Waals surface area contributed by atoms with Crippen LogP contribution in [0, 0.1) is 6.92 Å². The number of nitrogen functional groups attached to an aromatic ring is 1. The molecule has 0 saturated carbocycles. The third kappa shape index (κ3) is 7.21. The smallest absolute Gasteiger partial charge is 0.416 e. The third-order valence-electron chi connectivity index (χ3n) is 6.86. The normalized spacial score (nSPS) is 11.9. The number of imidazole rings is 1. The van der Waals surface area contributed by atoms with Crippen LogP contribution in [0.4, 0.5) is 24.7 Å². The fourth-order valence-electron chi connectivity index (χ4n) is 4.72. The van der Waals surface area contributed by atoms with Crippen LogP contribution in [0.15, 0.2) is 67.0 Å². The van der Waals surface area contributed by atoms with Crippen LogP contribution in [-0.4, -0.2) is 38.2 Å². The van der Waals surface area contributed by atoms with Gasteiger partial charge in [0.15, 0.2) is 0 Å². The molecule has 0 spiro atoms. The van der Waals surface area contributed by atoms with Gasteiger partial charge in [0.1, 0.15) is 23.2 Å². The molecule has 43 heavy (non-hydrogen) atoms. The van der Waals surface area contributed by atoms with E-state index in [0.717, 1.165) is 45.8 Å². The first-order chi connectivity index (χ1) is 20.4. The Hall–Kier alpha value is -5.13. The Morgan fingerprint density at radius 1 is 1.09 bits per heavy atom. The van der Waals surface area contributed by atoms with Crippen molar-refractivity contribution >= 4 is 28.9 Å². The molecule has 0 amide bonds. The summed E-state index contributed by atoms with van der Waals surface area (Å²) in [5.41, 5.74) is 9.04. The van der Waals surface area contributed by atoms with E-state index >= 15 is 0 Å². The van der Waals surface area contributed by atoms with Crippen molar-refractivity contribution in [1.82, 2.24) is 19.5 Å². The molecular formula is C31H31F3N6O3. The summed E-state index contributed by atoms with van der Waals surface area (Å²) < 4.78 is 47.8. The number of anilines is 2. The van der Waals surface area contributed by atoms with Crippen LogP contribution < -0.4 is 15.8 Å². The fraction of sp³-hybridized carbons (Fsp3) is 0.226. The number of benzene rings is 3. The number of methoxy groups -OCH3 is 1. The van der Waals surface area contributed by atoms with Crippen molar-refractivity contribution in [2.45, 2.75) is 32.5 Å². The average Bonchev–Trinajstić information content (AvgIpc) is 3.36. The van der Waals surface area contributed by atoms with E-state index in [4.69, 9.17) is 20.4 Å². The van der Waals surface area contributed by atoms with E-state index in [2.05, 4.69) is 20.3 Å². The number of hydrogen-bond donors (Lipinski definition) is 3. The lowest BCUT2D eigenvalue weighted by atomic mass is 9.99. The molecule has 2 heterocycles. The molecule has 12 heteroatoms. The predicted octanol–water partition coefficient (Wildman–Crippen LogP) is 6.41. The number of aromatic nitrogens is 4. The van der Waals surface area contributed by atoms with Crippen LogP contribution in [0.2, 0.25) is 0 Å². The molecule has 0 saturated heterocycles. The minimum Gasteiger partial charge on any atom is -0.496 e. The molecule has 224 valence electrons. The minimum absolute atomic E-state index is 0.0461. The van der Waals surface area contributed by atoms with Crippen LogP contribution in [0.3, 0.4) is 0 Å². The summed E-state index contributed by atoms with van der Waals surface area (Å²) in [4.78, 5) is 21.9. The van der Waals surface area contributed by atoms with Crippen molar-refractivity contribution in [2.75, 3.05) is 18.2 Å². The summed E-state index contributed by atoms with van der Waals surface area (Å²) >= 11 is 0. The number of aryl methyl sites for hydroxylation is 2. The standard InChI is InChI=1S/C30H29F3N6O.CH2O2/c1-17(22-11-23(30(31,32)33)16-24(34)12-22)36-29-25-13-19(7-8-26(25)37-18(2)38-29)20-5-6-21(27(14-20)40-4)15-28-35-9-10-39(28)3;2-1-3/h5-14,16-17H,15,34H2,1-4H3,(H,36,37,38);1H,(H,2,3). The first-order valence-electron chi connectivity index (χ1n) is 13.2. The van der Waals surface area contributed by atoms with Gasteiger partial charge in [-0.3, -0.25) is 4.79 Å². The SMILES string of the molecule is COc1cc(-c2ccc3nc(C)nc(NC(C)c4cc(N)cc(C(F)(F)F)c4)c3c2)ccc1Cc1nccn1C.O=CO. The van der Waals surface area contributed by atoms with Gasteiger partial charge >= 0.3 is 6.18 Å². The molecule has 3 aromatic carbocycles. The van der Waals surface area contributed by atoms with Gasteiger partial charge in [-0.1, -0.05) is 18.2 Å². The predicted molar refractivity (Wildman–Crippen MR) is 159 cm³/mol. The van der Waals surface area contributed by atoms with Crippen LogP contribution in [0.25, 0.3) is 22.0 Å². The molecule has 9 nitrogen and oxygen atoms in total. The van der Waals surface area contributed by atoms with Gasteiger partial charge in [-0.15, -0.1) is 0 Å². The lowest BCUT2D eigenvalue weighted by molar-refractivity contribution is -0.137. The molecule has 4 N–H and O–H groups in total. The van der Waals surface area contributed by atoms with Gasteiger partial charge in [0, 0.05) is 42.5 Å². The van der Waals surface area contributed by atoms with Gasteiger partial charge in [0.05, 0.1) is 24.2 Å². The molecule has 0 aliphatic rings. The van der Waals surface area contributed by atoms with E-state index in [1.54, 1.807) is 27.2 Å². The summed E-state index contributed by atoms with van der Waals surface area (Å²) in [5, 5.41) is 10.9. The van der Waals surface area contributed by atoms with Crippen LogP contribution in [0.5, 0.6) is 5.75 Å². The number of carboxylic acid groups (broad SMARTS) is 1. The lowest BCUT2D eigenvalue weighted by Crippen LogP contribution is -2.12. The summed E-state index contributed by atoms with van der Waals surface area (Å²) in [6.07, 6.45) is -0.193. The van der Waals surface area contributed by atoms with Gasteiger partial charge < -0.3 is 25.5 Å². The monoisotopic (exact) mass is 592 g/mol. The molecular weight excluding hydrogens is 561 g/mol. The van der Waals surface area contributed by atoms with Gasteiger partial charge in [0.25, 0.3) is 6.47 Å². The Labute approximate surface area is 246 Å². The maximum Gasteiger partial charge on any atom is 0.416 e. The van der Waals surface area contributed by atoms with Gasteiger partial charge in [-0.05, 0) is 66.9 Å². The molecule has 0 bridgehead atoms. The number of nitrogens with one attached hydrogen (secondary N) is 1. The Balaban J connectivity index is 0.00000135. The Bertz CT molecular complexity index is 1750. The number of carbonyl (C=O) groups is 1. The summed E-state index contributed by atoms with van der Waals surface area (Å²) in [7, 11) is 3.60. The highest BCUT2D eigenvalue weighted by molar-refractivity contribution is 5.93. The highest BCUT2D eigenvalue weighted by atomic mass is 19.4. The Morgan fingerprint density at radius 3 is 2.44 bits per heavy atom. The molecule has 0 aliphatic heterocycles. The largest absolute Gasteiger partial charge is 0.496 e. The number of ether oxygens (including phenoxy) is 1. The summed E-state index contributed by atoms with van der Waals surface area (Å²) in [6, 6.07) is 15.0. The first kappa shape index (κ1) is 30.8. The topological polar surface area (TPSA) is 128 Å². The number of rotatable bonds is 7. The second-order valence-electron chi connectivity index (χ2n) is 9.87. The molecule has 1 atom stereocenters. The number of hydrogen-bond acceptors (Lipinski definition) is 7. The minimum atomic E-state index is -4.50. The van der Waals surface area contributed by atoms with Crippen LogP contribution >= 0.6 is 0 Å². The number of fused-ring (bicyclic) bond motifs is 1. The van der Waals surface area contributed by atoms with Crippen LogP contribution in [-0.2, 0) is 24.4 Å². The average molecular weight is 593 g/mol. The maximum absolute atomic E-state index is 13.4. The zero-order valence-corrected chi connectivity index (χ0v) is 24.0. The molecule has 0 radical (unpaired) electrons. The van der Waals surface area contributed by atoms with E-state index in [1.165, 1.54) is 6.07 Å². The maximum atomic E-state index is 13.4.